The summed E-state index contributed by atoms with van der Waals surface area (Å²) in [4.78, 5) is 4.50. The minimum Gasteiger partial charge on any atom is -0.423 e. The molecule has 0 amide bonds. The quantitative estimate of drug-likeness (QED) is 0.581. The summed E-state index contributed by atoms with van der Waals surface area (Å²) in [7, 11) is -3.82. The molecule has 0 fully saturated rings. The van der Waals surface area contributed by atoms with Crippen LogP contribution in [0.5, 0.6) is 0 Å². The fraction of sp³-hybridized carbons (Fsp3) is 0.250. The molecule has 0 saturated heterocycles. The molecule has 1 aromatic heterocycles. The van der Waals surface area contributed by atoms with Crippen molar-refractivity contribution in [2.24, 2.45) is 0 Å². The van der Waals surface area contributed by atoms with Crippen LogP contribution in [-0.4, -0.2) is 13.4 Å². The van der Waals surface area contributed by atoms with Crippen molar-refractivity contribution in [3.8, 4) is 0 Å². The Kier molecular flexibility index (Phi) is 5.44. The minimum atomic E-state index is -3.82. The predicted octanol–water partition coefficient (Wildman–Crippen LogP) is 5.18. The first-order chi connectivity index (χ1) is 12.7. The molecule has 2 aromatic carbocycles. The number of rotatable bonds is 5. The van der Waals surface area contributed by atoms with Gasteiger partial charge in [-0.1, -0.05) is 67.0 Å². The summed E-state index contributed by atoms with van der Waals surface area (Å²) in [5, 5.41) is 3.00. The molecule has 0 aliphatic carbocycles. The Morgan fingerprint density at radius 2 is 1.67 bits per heavy atom. The fourth-order valence-corrected chi connectivity index (χ4v) is 3.97. The summed E-state index contributed by atoms with van der Waals surface area (Å²) in [5.74, 6) is 0.528. The lowest BCUT2D eigenvalue weighted by Gasteiger charge is -2.12. The van der Waals surface area contributed by atoms with Gasteiger partial charge in [-0.25, -0.2) is 8.42 Å². The van der Waals surface area contributed by atoms with Crippen LogP contribution in [0.2, 0.25) is 0 Å². The van der Waals surface area contributed by atoms with Crippen LogP contribution < -0.4 is 5.32 Å². The average Bonchev–Trinajstić information content (AvgIpc) is 3.07. The van der Waals surface area contributed by atoms with E-state index in [1.165, 1.54) is 0 Å². The maximum atomic E-state index is 13.1. The van der Waals surface area contributed by atoms with Gasteiger partial charge in [0.25, 0.3) is 0 Å². The molecule has 3 rings (SSSR count). The molecule has 7 heteroatoms. The van der Waals surface area contributed by atoms with E-state index >= 15 is 0 Å². The predicted molar refractivity (Wildman–Crippen MR) is 109 cm³/mol. The Hall–Kier alpha value is -2.12. The van der Waals surface area contributed by atoms with E-state index in [4.69, 9.17) is 4.42 Å². The molecule has 0 radical (unpaired) electrons. The van der Waals surface area contributed by atoms with Gasteiger partial charge in [0.05, 0.1) is 4.90 Å². The molecule has 0 spiro atoms. The highest BCUT2D eigenvalue weighted by Crippen LogP contribution is 2.33. The molecule has 0 atom stereocenters. The van der Waals surface area contributed by atoms with Gasteiger partial charge in [-0.2, -0.15) is 4.98 Å². The van der Waals surface area contributed by atoms with Gasteiger partial charge in [-0.3, -0.25) is 0 Å². The largest absolute Gasteiger partial charge is 0.423 e. The number of aromatic nitrogens is 1. The second-order valence-corrected chi connectivity index (χ2v) is 9.98. The van der Waals surface area contributed by atoms with E-state index in [9.17, 15) is 8.42 Å². The van der Waals surface area contributed by atoms with Crippen LogP contribution in [0.3, 0.4) is 0 Å². The van der Waals surface area contributed by atoms with Crippen LogP contribution in [-0.2, 0) is 21.8 Å². The van der Waals surface area contributed by atoms with E-state index in [0.717, 1.165) is 10.0 Å². The minimum absolute atomic E-state index is 0.0920. The fourth-order valence-electron chi connectivity index (χ4n) is 2.42. The van der Waals surface area contributed by atoms with Crippen molar-refractivity contribution in [2.75, 3.05) is 5.32 Å². The Morgan fingerprint density at radius 3 is 2.26 bits per heavy atom. The molecule has 0 bridgehead atoms. The first-order valence-electron chi connectivity index (χ1n) is 8.48. The van der Waals surface area contributed by atoms with Gasteiger partial charge in [0.2, 0.25) is 26.6 Å². The molecule has 5 nitrogen and oxygen atoms in total. The second kappa shape index (κ2) is 7.48. The molecule has 0 aliphatic rings. The molecule has 0 aliphatic heterocycles. The number of benzene rings is 2. The lowest BCUT2D eigenvalue weighted by Crippen LogP contribution is -2.12. The number of nitrogens with zero attached hydrogens (tertiary/aromatic N) is 1. The number of anilines is 1. The lowest BCUT2D eigenvalue weighted by atomic mass is 9.97. The molecule has 142 valence electrons. The SMILES string of the molecule is CC(C)(C)c1nc(S(=O)(=O)c2ccc(Br)cc2)c(NCc2ccccc2)o1. The van der Waals surface area contributed by atoms with E-state index in [2.05, 4.69) is 26.2 Å². The maximum absolute atomic E-state index is 13.1. The van der Waals surface area contributed by atoms with Crippen molar-refractivity contribution in [2.45, 2.75) is 42.7 Å². The van der Waals surface area contributed by atoms with E-state index in [1.807, 2.05) is 51.1 Å². The zero-order chi connectivity index (χ0) is 19.7. The van der Waals surface area contributed by atoms with Crippen molar-refractivity contribution in [3.63, 3.8) is 0 Å². The van der Waals surface area contributed by atoms with Crippen molar-refractivity contribution in [3.05, 3.63) is 70.5 Å². The third kappa shape index (κ3) is 4.42. The summed E-state index contributed by atoms with van der Waals surface area (Å²) in [6, 6.07) is 16.2. The Bertz CT molecular complexity index is 1020. The summed E-state index contributed by atoms with van der Waals surface area (Å²) < 4.78 is 32.9. The van der Waals surface area contributed by atoms with E-state index in [-0.39, 0.29) is 15.8 Å². The van der Waals surface area contributed by atoms with Crippen LogP contribution in [0.4, 0.5) is 5.88 Å². The molecule has 3 aromatic rings. The molecule has 0 saturated carbocycles. The van der Waals surface area contributed by atoms with E-state index < -0.39 is 15.3 Å². The Morgan fingerprint density at radius 1 is 1.04 bits per heavy atom. The zero-order valence-corrected chi connectivity index (χ0v) is 17.8. The molecular formula is C20H21BrN2O3S. The van der Waals surface area contributed by atoms with Crippen LogP contribution in [0.15, 0.2) is 73.4 Å². The van der Waals surface area contributed by atoms with Gasteiger partial charge < -0.3 is 9.73 Å². The molecular weight excluding hydrogens is 428 g/mol. The van der Waals surface area contributed by atoms with Gasteiger partial charge in [0.15, 0.2) is 0 Å². The smallest absolute Gasteiger partial charge is 0.233 e. The summed E-state index contributed by atoms with van der Waals surface area (Å²) in [6.45, 7) is 6.21. The number of sulfone groups is 1. The van der Waals surface area contributed by atoms with Crippen molar-refractivity contribution in [1.82, 2.24) is 4.98 Å². The monoisotopic (exact) mass is 448 g/mol. The topological polar surface area (TPSA) is 72.2 Å². The second-order valence-electron chi connectivity index (χ2n) is 7.20. The number of hydrogen-bond donors (Lipinski definition) is 1. The lowest BCUT2D eigenvalue weighted by molar-refractivity contribution is 0.399. The maximum Gasteiger partial charge on any atom is 0.233 e. The molecule has 27 heavy (non-hydrogen) atoms. The van der Waals surface area contributed by atoms with Crippen LogP contribution >= 0.6 is 15.9 Å². The summed E-state index contributed by atoms with van der Waals surface area (Å²) >= 11 is 3.32. The van der Waals surface area contributed by atoms with Crippen molar-refractivity contribution < 1.29 is 12.8 Å². The Balaban J connectivity index is 2.02. The first kappa shape index (κ1) is 19.6. The molecule has 1 N–H and O–H groups in total. The van der Waals surface area contributed by atoms with Crippen molar-refractivity contribution >= 4 is 31.7 Å². The van der Waals surface area contributed by atoms with Crippen LogP contribution in [0, 0.1) is 0 Å². The van der Waals surface area contributed by atoms with Gasteiger partial charge in [-0.15, -0.1) is 0 Å². The van der Waals surface area contributed by atoms with Crippen LogP contribution in [0.1, 0.15) is 32.2 Å². The number of oxazole rings is 1. The highest BCUT2D eigenvalue weighted by atomic mass is 79.9. The standard InChI is InChI=1S/C20H21BrN2O3S/c1-20(2,3)19-23-18(27(24,25)16-11-9-15(21)10-12-16)17(26-19)22-13-14-7-5-4-6-8-14/h4-12,22H,13H2,1-3H3. The third-order valence-electron chi connectivity index (χ3n) is 3.91. The summed E-state index contributed by atoms with van der Waals surface area (Å²) in [5.41, 5.74) is 0.592. The number of nitrogens with one attached hydrogen (secondary N) is 1. The highest BCUT2D eigenvalue weighted by Gasteiger charge is 2.31. The molecule has 0 unspecified atom stereocenters. The van der Waals surface area contributed by atoms with E-state index in [1.54, 1.807) is 24.3 Å². The first-order valence-corrected chi connectivity index (χ1v) is 10.8. The van der Waals surface area contributed by atoms with Gasteiger partial charge in [-0.05, 0) is 29.8 Å². The summed E-state index contributed by atoms with van der Waals surface area (Å²) in [6.07, 6.45) is 0. The zero-order valence-electron chi connectivity index (χ0n) is 15.4. The normalized spacial score (nSPS) is 12.1. The molecule has 1 heterocycles. The number of halogens is 1. The third-order valence-corrected chi connectivity index (χ3v) is 6.12. The van der Waals surface area contributed by atoms with Gasteiger partial charge in [0.1, 0.15) is 0 Å². The van der Waals surface area contributed by atoms with E-state index in [0.29, 0.717) is 12.4 Å². The number of hydrogen-bond acceptors (Lipinski definition) is 5. The van der Waals surface area contributed by atoms with Crippen molar-refractivity contribution in [1.29, 1.82) is 0 Å². The van der Waals surface area contributed by atoms with Gasteiger partial charge in [0, 0.05) is 16.4 Å². The van der Waals surface area contributed by atoms with Crippen LogP contribution in [0.25, 0.3) is 0 Å². The average molecular weight is 449 g/mol. The Labute approximate surface area is 167 Å². The highest BCUT2D eigenvalue weighted by molar-refractivity contribution is 9.10. The van der Waals surface area contributed by atoms with Gasteiger partial charge >= 0.3 is 0 Å².